The van der Waals surface area contributed by atoms with Gasteiger partial charge in [-0.25, -0.2) is 0 Å². The number of hydrogen-bond donors (Lipinski definition) is 1. The normalized spacial score (nSPS) is 27.2. The highest BCUT2D eigenvalue weighted by atomic mass is 16.5. The monoisotopic (exact) mass is 532 g/mol. The molecule has 3 fully saturated rings. The lowest BCUT2D eigenvalue weighted by atomic mass is 9.55. The summed E-state index contributed by atoms with van der Waals surface area (Å²) in [6.07, 6.45) is 9.32. The number of ether oxygens (including phenoxy) is 2. The van der Waals surface area contributed by atoms with Crippen LogP contribution in [0.15, 0.2) is 54.6 Å². The second kappa shape index (κ2) is 11.1. The van der Waals surface area contributed by atoms with E-state index < -0.39 is 5.60 Å². The summed E-state index contributed by atoms with van der Waals surface area (Å²) in [4.78, 5) is 29.4. The first-order valence-corrected chi connectivity index (χ1v) is 14.0. The van der Waals surface area contributed by atoms with Crippen molar-refractivity contribution in [1.82, 2.24) is 9.80 Å². The summed E-state index contributed by atoms with van der Waals surface area (Å²) in [5.74, 6) is 1.11. The van der Waals surface area contributed by atoms with Gasteiger partial charge in [0.15, 0.2) is 0 Å². The molecule has 1 aliphatic heterocycles. The number of carbonyl (C=O) groups is 2. The van der Waals surface area contributed by atoms with E-state index in [9.17, 15) is 14.7 Å². The van der Waals surface area contributed by atoms with Gasteiger partial charge in [-0.2, -0.15) is 0 Å². The van der Waals surface area contributed by atoms with Gasteiger partial charge in [-0.1, -0.05) is 24.3 Å². The number of phenols is 1. The van der Waals surface area contributed by atoms with Crippen LogP contribution in [-0.2, 0) is 19.7 Å². The molecule has 0 unspecified atom stereocenters. The lowest BCUT2D eigenvalue weighted by molar-refractivity contribution is -0.159. The molecule has 2 aromatic rings. The number of nitrogens with zero attached hydrogens (tertiary/aromatic N) is 2. The minimum atomic E-state index is -0.396. The van der Waals surface area contributed by atoms with Crippen molar-refractivity contribution in [3.63, 3.8) is 0 Å². The fourth-order valence-electron chi connectivity index (χ4n) is 6.83. The van der Waals surface area contributed by atoms with Crippen molar-refractivity contribution < 1.29 is 24.2 Å². The molecule has 1 amide bonds. The summed E-state index contributed by atoms with van der Waals surface area (Å²) in [5, 5.41) is 9.75. The van der Waals surface area contributed by atoms with Crippen LogP contribution in [0.4, 0.5) is 0 Å². The molecule has 1 N–H and O–H groups in total. The van der Waals surface area contributed by atoms with Gasteiger partial charge >= 0.3 is 5.97 Å². The Morgan fingerprint density at radius 1 is 1.13 bits per heavy atom. The number of carbonyl (C=O) groups excluding carboxylic acids is 2. The molecule has 0 spiro atoms. The Morgan fingerprint density at radius 2 is 1.92 bits per heavy atom. The Bertz CT molecular complexity index is 1240. The minimum Gasteiger partial charge on any atom is -0.508 e. The number of likely N-dealkylation sites (N-methyl/N-ethyl adjacent to an activating group) is 1. The molecule has 3 atom stereocenters. The third-order valence-electron chi connectivity index (χ3n) is 9.11. The number of amides is 1. The van der Waals surface area contributed by atoms with E-state index in [1.165, 1.54) is 19.8 Å². The number of fused-ring (bicyclic) bond motifs is 1. The number of aromatic hydroxyl groups is 1. The molecule has 0 aromatic heterocycles. The van der Waals surface area contributed by atoms with E-state index in [0.29, 0.717) is 5.75 Å². The molecule has 2 aromatic carbocycles. The van der Waals surface area contributed by atoms with Gasteiger partial charge in [-0.15, -0.1) is 0 Å². The molecule has 1 heterocycles. The SMILES string of the molecule is CO[C@]12CC[C@@H](N(C)C(=O)C=Cc3cccc(O)c3)C[C@]1(c1cccc(OC(C)=O)c1)CCN(CC1CC1)C2. The Hall–Kier alpha value is -3.16. The van der Waals surface area contributed by atoms with E-state index >= 15 is 0 Å². The standard InChI is InChI=1S/C32H40N2O5/c1-23(35)39-29-9-5-7-26(19-29)31-16-17-34(21-25-10-11-25)22-32(31,38-3)15-14-27(20-31)33(2)30(37)13-12-24-6-4-8-28(36)18-24/h4-9,12-13,18-19,25,27,36H,10-11,14-17,20-22H2,1-3H3/t27-,31+,32+/m1/s1. The van der Waals surface area contributed by atoms with E-state index in [-0.39, 0.29) is 29.1 Å². The van der Waals surface area contributed by atoms with Crippen LogP contribution in [-0.4, -0.2) is 72.2 Å². The van der Waals surface area contributed by atoms with Gasteiger partial charge in [-0.05, 0) is 92.5 Å². The zero-order valence-electron chi connectivity index (χ0n) is 23.3. The maximum Gasteiger partial charge on any atom is 0.308 e. The summed E-state index contributed by atoms with van der Waals surface area (Å²) in [7, 11) is 3.71. The van der Waals surface area contributed by atoms with Crippen molar-refractivity contribution in [2.75, 3.05) is 33.8 Å². The number of rotatable bonds is 8. The number of esters is 1. The highest BCUT2D eigenvalue weighted by molar-refractivity contribution is 5.91. The fraction of sp³-hybridized carbons (Fsp3) is 0.500. The van der Waals surface area contributed by atoms with Crippen LogP contribution in [0, 0.1) is 5.92 Å². The van der Waals surface area contributed by atoms with Crippen LogP contribution < -0.4 is 4.74 Å². The zero-order valence-corrected chi connectivity index (χ0v) is 23.3. The summed E-state index contributed by atoms with van der Waals surface area (Å²) >= 11 is 0. The van der Waals surface area contributed by atoms with Crippen molar-refractivity contribution >= 4 is 18.0 Å². The van der Waals surface area contributed by atoms with Crippen molar-refractivity contribution in [2.45, 2.75) is 62.5 Å². The number of phenolic OH excluding ortho intramolecular Hbond substituents is 1. The van der Waals surface area contributed by atoms with E-state index in [2.05, 4.69) is 11.0 Å². The molecule has 208 valence electrons. The van der Waals surface area contributed by atoms with Crippen molar-refractivity contribution in [3.05, 3.63) is 65.7 Å². The molecular weight excluding hydrogens is 492 g/mol. The number of likely N-dealkylation sites (tertiary alicyclic amines) is 1. The van der Waals surface area contributed by atoms with E-state index in [4.69, 9.17) is 9.47 Å². The molecule has 7 nitrogen and oxygen atoms in total. The number of hydrogen-bond acceptors (Lipinski definition) is 6. The summed E-state index contributed by atoms with van der Waals surface area (Å²) < 4.78 is 12.0. The van der Waals surface area contributed by atoms with Crippen molar-refractivity contribution in [3.8, 4) is 11.5 Å². The molecule has 3 aliphatic rings. The Kier molecular flexibility index (Phi) is 7.83. The Balaban J connectivity index is 1.44. The summed E-state index contributed by atoms with van der Waals surface area (Å²) in [6.45, 7) is 4.37. The van der Waals surface area contributed by atoms with Crippen LogP contribution in [0.1, 0.15) is 56.6 Å². The molecule has 7 heteroatoms. The molecule has 1 saturated heterocycles. The van der Waals surface area contributed by atoms with Crippen molar-refractivity contribution in [1.29, 1.82) is 0 Å². The van der Waals surface area contributed by atoms with Crippen molar-refractivity contribution in [2.24, 2.45) is 5.92 Å². The average Bonchev–Trinajstić information content (AvgIpc) is 3.74. The fourth-order valence-corrected chi connectivity index (χ4v) is 6.83. The molecule has 2 aliphatic carbocycles. The second-order valence-electron chi connectivity index (χ2n) is 11.6. The van der Waals surface area contributed by atoms with Gasteiger partial charge in [0.25, 0.3) is 0 Å². The lowest BCUT2D eigenvalue weighted by Gasteiger charge is -2.60. The lowest BCUT2D eigenvalue weighted by Crippen LogP contribution is -2.68. The zero-order chi connectivity index (χ0) is 27.6. The maximum atomic E-state index is 13.3. The minimum absolute atomic E-state index is 0.0296. The smallest absolute Gasteiger partial charge is 0.308 e. The van der Waals surface area contributed by atoms with Gasteiger partial charge in [0.2, 0.25) is 5.91 Å². The molecule has 39 heavy (non-hydrogen) atoms. The number of piperidine rings is 1. The topological polar surface area (TPSA) is 79.3 Å². The molecule has 5 rings (SSSR count). The largest absolute Gasteiger partial charge is 0.508 e. The maximum absolute atomic E-state index is 13.3. The Labute approximate surface area is 231 Å². The second-order valence-corrected chi connectivity index (χ2v) is 11.6. The quantitative estimate of drug-likeness (QED) is 0.300. The van der Waals surface area contributed by atoms with Crippen LogP contribution in [0.2, 0.25) is 0 Å². The number of methoxy groups -OCH3 is 1. The first-order valence-electron chi connectivity index (χ1n) is 14.0. The van der Waals surface area contributed by atoms with Gasteiger partial charge in [0, 0.05) is 51.7 Å². The van der Waals surface area contributed by atoms with E-state index in [1.54, 1.807) is 30.4 Å². The molecule has 0 radical (unpaired) electrons. The number of benzene rings is 2. The first-order chi connectivity index (χ1) is 18.7. The highest BCUT2D eigenvalue weighted by Gasteiger charge is 2.59. The van der Waals surface area contributed by atoms with E-state index in [1.807, 2.05) is 43.3 Å². The van der Waals surface area contributed by atoms with Crippen LogP contribution in [0.3, 0.4) is 0 Å². The first kappa shape index (κ1) is 27.4. The summed E-state index contributed by atoms with van der Waals surface area (Å²) in [6, 6.07) is 14.8. The molecule has 2 saturated carbocycles. The predicted molar refractivity (Wildman–Crippen MR) is 150 cm³/mol. The van der Waals surface area contributed by atoms with Gasteiger partial charge < -0.3 is 24.4 Å². The average molecular weight is 533 g/mol. The molecule has 0 bridgehead atoms. The van der Waals surface area contributed by atoms with Crippen LogP contribution in [0.5, 0.6) is 11.5 Å². The predicted octanol–water partition coefficient (Wildman–Crippen LogP) is 4.78. The highest BCUT2D eigenvalue weighted by Crippen LogP contribution is 2.54. The Morgan fingerprint density at radius 3 is 2.64 bits per heavy atom. The summed E-state index contributed by atoms with van der Waals surface area (Å²) in [5.41, 5.74) is 1.16. The van der Waals surface area contributed by atoms with Gasteiger partial charge in [0.05, 0.1) is 5.60 Å². The van der Waals surface area contributed by atoms with Crippen LogP contribution >= 0.6 is 0 Å². The van der Waals surface area contributed by atoms with Gasteiger partial charge in [-0.3, -0.25) is 9.59 Å². The van der Waals surface area contributed by atoms with Crippen LogP contribution in [0.25, 0.3) is 6.08 Å². The van der Waals surface area contributed by atoms with E-state index in [0.717, 1.165) is 62.4 Å². The third-order valence-corrected chi connectivity index (χ3v) is 9.11. The third kappa shape index (κ3) is 5.75. The van der Waals surface area contributed by atoms with Gasteiger partial charge in [0.1, 0.15) is 11.5 Å². The molecular formula is C32H40N2O5.